The molecule has 3 rings (SSSR count). The summed E-state index contributed by atoms with van der Waals surface area (Å²) in [6.45, 7) is 0.656. The number of halogens is 1. The number of benzene rings is 2. The molecule has 0 unspecified atom stereocenters. The minimum atomic E-state index is 0. The Hall–Kier alpha value is -2.07. The van der Waals surface area contributed by atoms with Crippen LogP contribution in [0.3, 0.4) is 0 Å². The van der Waals surface area contributed by atoms with Crippen molar-refractivity contribution >= 4 is 41.3 Å². The van der Waals surface area contributed by atoms with Crippen LogP contribution < -0.4 is 10.6 Å². The Balaban J connectivity index is 0.00000147. The second kappa shape index (κ2) is 6.39. The highest BCUT2D eigenvalue weighted by Gasteiger charge is 2.10. The van der Waals surface area contributed by atoms with Crippen LogP contribution in [0.15, 0.2) is 53.5 Å². The number of fused-ring (bicyclic) bond motifs is 1. The molecule has 100 valence electrons. The van der Waals surface area contributed by atoms with Crippen molar-refractivity contribution in [3.05, 3.63) is 59.7 Å². The van der Waals surface area contributed by atoms with Gasteiger partial charge in [0.1, 0.15) is 0 Å². The lowest BCUT2D eigenvalue weighted by Gasteiger charge is -2.19. The fourth-order valence-corrected chi connectivity index (χ4v) is 1.99. The monoisotopic (exact) mass is 376 g/mol. The molecule has 2 aromatic carbocycles. The Labute approximate surface area is 134 Å². The van der Waals surface area contributed by atoms with Gasteiger partial charge in [-0.1, -0.05) is 24.3 Å². The van der Waals surface area contributed by atoms with Gasteiger partial charge in [0.25, 0.3) is 0 Å². The summed E-state index contributed by atoms with van der Waals surface area (Å²) in [5, 5.41) is 15.3. The standard InChI is InChI=1S/C15H12N4.HI/c16-9-11-4-3-6-13(8-11)18-15-17-10-12-5-1-2-7-14(12)19-15;/h1-8H,10H2,(H2,17,18,19);1H. The predicted octanol–water partition coefficient (Wildman–Crippen LogP) is 3.57. The Morgan fingerprint density at radius 3 is 2.85 bits per heavy atom. The van der Waals surface area contributed by atoms with E-state index in [4.69, 9.17) is 5.26 Å². The number of guanidine groups is 1. The molecule has 0 bridgehead atoms. The van der Waals surface area contributed by atoms with E-state index in [2.05, 4.69) is 27.8 Å². The predicted molar refractivity (Wildman–Crippen MR) is 91.4 cm³/mol. The van der Waals surface area contributed by atoms with Crippen LogP contribution in [0.2, 0.25) is 0 Å². The van der Waals surface area contributed by atoms with Crippen molar-refractivity contribution in [2.24, 2.45) is 4.99 Å². The van der Waals surface area contributed by atoms with Crippen LogP contribution in [0.5, 0.6) is 0 Å². The first-order valence-corrected chi connectivity index (χ1v) is 6.02. The van der Waals surface area contributed by atoms with Crippen LogP contribution in [0, 0.1) is 11.3 Å². The number of aliphatic imine (C=N–C) groups is 1. The van der Waals surface area contributed by atoms with E-state index in [0.717, 1.165) is 11.4 Å². The van der Waals surface area contributed by atoms with Gasteiger partial charge in [0.15, 0.2) is 0 Å². The Morgan fingerprint density at radius 2 is 2.00 bits per heavy atom. The van der Waals surface area contributed by atoms with E-state index >= 15 is 0 Å². The molecule has 1 heterocycles. The van der Waals surface area contributed by atoms with Gasteiger partial charge >= 0.3 is 0 Å². The molecule has 0 atom stereocenters. The lowest BCUT2D eigenvalue weighted by Crippen LogP contribution is -2.25. The summed E-state index contributed by atoms with van der Waals surface area (Å²) in [7, 11) is 0. The zero-order valence-electron chi connectivity index (χ0n) is 10.6. The average Bonchev–Trinajstić information content (AvgIpc) is 2.47. The molecule has 1 aliphatic heterocycles. The van der Waals surface area contributed by atoms with E-state index in [1.807, 2.05) is 30.3 Å². The quantitative estimate of drug-likeness (QED) is 0.749. The number of hydrogen-bond donors (Lipinski definition) is 2. The molecule has 2 aromatic rings. The number of nitrogens with zero attached hydrogens (tertiary/aromatic N) is 2. The number of para-hydroxylation sites is 1. The van der Waals surface area contributed by atoms with Gasteiger partial charge in [0.2, 0.25) is 5.96 Å². The van der Waals surface area contributed by atoms with Crippen molar-refractivity contribution in [1.29, 1.82) is 5.26 Å². The molecule has 0 amide bonds. The smallest absolute Gasteiger partial charge is 0.200 e. The lowest BCUT2D eigenvalue weighted by molar-refractivity contribution is 1.04. The molecule has 0 radical (unpaired) electrons. The first kappa shape index (κ1) is 14.3. The summed E-state index contributed by atoms with van der Waals surface area (Å²) in [6.07, 6.45) is 0. The van der Waals surface area contributed by atoms with Crippen LogP contribution in [0.25, 0.3) is 0 Å². The van der Waals surface area contributed by atoms with Crippen molar-refractivity contribution in [2.45, 2.75) is 6.54 Å². The van der Waals surface area contributed by atoms with Crippen molar-refractivity contribution in [1.82, 2.24) is 0 Å². The van der Waals surface area contributed by atoms with E-state index < -0.39 is 0 Å². The van der Waals surface area contributed by atoms with Crippen LogP contribution in [0.1, 0.15) is 11.1 Å². The summed E-state index contributed by atoms with van der Waals surface area (Å²) in [5.74, 6) is 0.703. The maximum absolute atomic E-state index is 8.87. The van der Waals surface area contributed by atoms with Crippen molar-refractivity contribution in [3.63, 3.8) is 0 Å². The van der Waals surface area contributed by atoms with E-state index in [1.54, 1.807) is 12.1 Å². The third-order valence-corrected chi connectivity index (χ3v) is 2.93. The third-order valence-electron chi connectivity index (χ3n) is 2.93. The van der Waals surface area contributed by atoms with E-state index in [0.29, 0.717) is 18.1 Å². The van der Waals surface area contributed by atoms with Gasteiger partial charge in [-0.3, -0.25) is 0 Å². The first-order chi connectivity index (χ1) is 9.35. The summed E-state index contributed by atoms with van der Waals surface area (Å²) >= 11 is 0. The number of nitriles is 1. The number of nitrogens with one attached hydrogen (secondary N) is 2. The molecule has 0 aliphatic carbocycles. The Morgan fingerprint density at radius 1 is 1.15 bits per heavy atom. The zero-order valence-corrected chi connectivity index (χ0v) is 13.0. The topological polar surface area (TPSA) is 60.2 Å². The van der Waals surface area contributed by atoms with Gasteiger partial charge in [-0.25, -0.2) is 4.99 Å². The lowest BCUT2D eigenvalue weighted by atomic mass is 10.1. The zero-order chi connectivity index (χ0) is 13.1. The van der Waals surface area contributed by atoms with Gasteiger partial charge in [-0.05, 0) is 29.8 Å². The molecule has 0 saturated carbocycles. The minimum absolute atomic E-state index is 0. The second-order valence-electron chi connectivity index (χ2n) is 4.26. The van der Waals surface area contributed by atoms with Gasteiger partial charge in [0.05, 0.1) is 18.2 Å². The maximum Gasteiger partial charge on any atom is 0.200 e. The first-order valence-electron chi connectivity index (χ1n) is 6.02. The van der Waals surface area contributed by atoms with Crippen LogP contribution in [-0.2, 0) is 6.54 Å². The normalized spacial score (nSPS) is 12.1. The SMILES string of the molecule is I.N#Cc1cccc(NC2=NCc3ccccc3N2)c1. The highest BCUT2D eigenvalue weighted by atomic mass is 127. The van der Waals surface area contributed by atoms with E-state index in [1.165, 1.54) is 5.56 Å². The average molecular weight is 376 g/mol. The van der Waals surface area contributed by atoms with E-state index in [9.17, 15) is 0 Å². The van der Waals surface area contributed by atoms with E-state index in [-0.39, 0.29) is 24.0 Å². The van der Waals surface area contributed by atoms with Crippen LogP contribution in [-0.4, -0.2) is 5.96 Å². The number of hydrogen-bond acceptors (Lipinski definition) is 4. The molecular formula is C15H13IN4. The summed E-state index contributed by atoms with van der Waals surface area (Å²) in [5.41, 5.74) is 3.72. The molecule has 1 aliphatic rings. The molecule has 4 nitrogen and oxygen atoms in total. The third kappa shape index (κ3) is 3.08. The Bertz CT molecular complexity index is 688. The molecular weight excluding hydrogens is 363 g/mol. The van der Waals surface area contributed by atoms with Crippen molar-refractivity contribution in [2.75, 3.05) is 10.6 Å². The van der Waals surface area contributed by atoms with Gasteiger partial charge in [0, 0.05) is 11.4 Å². The fourth-order valence-electron chi connectivity index (χ4n) is 1.99. The van der Waals surface area contributed by atoms with Crippen LogP contribution in [0.4, 0.5) is 11.4 Å². The minimum Gasteiger partial charge on any atom is -0.326 e. The van der Waals surface area contributed by atoms with Crippen LogP contribution >= 0.6 is 24.0 Å². The summed E-state index contributed by atoms with van der Waals surface area (Å²) in [6, 6.07) is 17.5. The number of anilines is 2. The maximum atomic E-state index is 8.87. The molecule has 0 aromatic heterocycles. The van der Waals surface area contributed by atoms with Gasteiger partial charge < -0.3 is 10.6 Å². The fraction of sp³-hybridized carbons (Fsp3) is 0.0667. The molecule has 0 fully saturated rings. The Kier molecular flexibility index (Phi) is 4.58. The van der Waals surface area contributed by atoms with Gasteiger partial charge in [-0.15, -0.1) is 24.0 Å². The molecule has 0 spiro atoms. The van der Waals surface area contributed by atoms with Gasteiger partial charge in [-0.2, -0.15) is 5.26 Å². The number of rotatable bonds is 1. The molecule has 0 saturated heterocycles. The highest BCUT2D eigenvalue weighted by molar-refractivity contribution is 14.0. The largest absolute Gasteiger partial charge is 0.326 e. The van der Waals surface area contributed by atoms with Crippen molar-refractivity contribution < 1.29 is 0 Å². The summed E-state index contributed by atoms with van der Waals surface area (Å²) < 4.78 is 0. The molecule has 20 heavy (non-hydrogen) atoms. The molecule has 2 N–H and O–H groups in total. The second-order valence-corrected chi connectivity index (χ2v) is 4.26. The highest BCUT2D eigenvalue weighted by Crippen LogP contribution is 2.20. The summed E-state index contributed by atoms with van der Waals surface area (Å²) in [4.78, 5) is 4.43. The van der Waals surface area contributed by atoms with Crippen molar-refractivity contribution in [3.8, 4) is 6.07 Å². The molecule has 5 heteroatoms.